The lowest BCUT2D eigenvalue weighted by Crippen LogP contribution is -2.54. The maximum Gasteiger partial charge on any atom is 0.272 e. The Kier molecular flexibility index (Phi) is 9.58. The predicted molar refractivity (Wildman–Crippen MR) is 211 cm³/mol. The lowest BCUT2D eigenvalue weighted by Gasteiger charge is -2.60. The van der Waals surface area contributed by atoms with Gasteiger partial charge in [0.15, 0.2) is 0 Å². The smallest absolute Gasteiger partial charge is 0.272 e. The first-order valence-electron chi connectivity index (χ1n) is 20.9. The highest BCUT2D eigenvalue weighted by Gasteiger charge is 2.60. The van der Waals surface area contributed by atoms with Crippen LogP contribution in [0.5, 0.6) is 0 Å². The van der Waals surface area contributed by atoms with E-state index in [1.54, 1.807) is 4.68 Å². The largest absolute Gasteiger partial charge is 0.385 e. The maximum absolute atomic E-state index is 14.6. The summed E-state index contributed by atoms with van der Waals surface area (Å²) in [5, 5.41) is 19.3. The Bertz CT molecular complexity index is 2120. The number of aromatic nitrogens is 5. The van der Waals surface area contributed by atoms with E-state index in [4.69, 9.17) is 4.74 Å². The number of nitrogens with zero attached hydrogens (tertiary/aromatic N) is 4. The number of halogens is 1. The van der Waals surface area contributed by atoms with Crippen molar-refractivity contribution in [2.45, 2.75) is 115 Å². The number of H-pyrrole nitrogens is 1. The van der Waals surface area contributed by atoms with Crippen LogP contribution in [0.2, 0.25) is 0 Å². The summed E-state index contributed by atoms with van der Waals surface area (Å²) in [6.07, 6.45) is 16.9. The minimum atomic E-state index is -0.480. The van der Waals surface area contributed by atoms with Crippen LogP contribution in [-0.4, -0.2) is 50.0 Å². The van der Waals surface area contributed by atoms with Crippen LogP contribution in [-0.2, 0) is 16.6 Å². The normalized spacial score (nSPS) is 32.4. The van der Waals surface area contributed by atoms with E-state index in [-0.39, 0.29) is 17.3 Å². The van der Waals surface area contributed by atoms with E-state index in [1.165, 1.54) is 63.4 Å². The number of rotatable bonds is 11. The first kappa shape index (κ1) is 36.5. The van der Waals surface area contributed by atoms with Gasteiger partial charge in [0.1, 0.15) is 23.8 Å². The number of aromatic amines is 1. The molecular formula is C44H56FN7O3. The summed E-state index contributed by atoms with van der Waals surface area (Å²) in [4.78, 5) is 29.4. The van der Waals surface area contributed by atoms with E-state index in [1.807, 2.05) is 7.05 Å². The molecule has 0 bridgehead atoms. The second-order valence-corrected chi connectivity index (χ2v) is 18.0. The summed E-state index contributed by atoms with van der Waals surface area (Å²) in [5.74, 6) is 3.38. The Morgan fingerprint density at radius 1 is 0.964 bits per heavy atom. The molecule has 9 atom stereocenters. The summed E-state index contributed by atoms with van der Waals surface area (Å²) >= 11 is 0. The van der Waals surface area contributed by atoms with Gasteiger partial charge in [0.25, 0.3) is 5.56 Å². The summed E-state index contributed by atoms with van der Waals surface area (Å²) in [6, 6.07) is 10.7. The van der Waals surface area contributed by atoms with Crippen molar-refractivity contribution >= 4 is 27.9 Å². The molecule has 4 saturated carbocycles. The number of carbonyl (C=O) groups excluding carboxylic acids is 1. The van der Waals surface area contributed by atoms with Crippen molar-refractivity contribution in [1.82, 2.24) is 25.0 Å². The molecule has 4 aromatic rings. The van der Waals surface area contributed by atoms with Gasteiger partial charge in [-0.25, -0.2) is 14.5 Å². The molecule has 3 heterocycles. The molecule has 9 rings (SSSR count). The average molecular weight is 750 g/mol. The highest BCUT2D eigenvalue weighted by atomic mass is 19.1. The number of ketones is 1. The molecule has 0 spiro atoms. The van der Waals surface area contributed by atoms with Gasteiger partial charge in [-0.3, -0.25) is 14.3 Å². The molecule has 55 heavy (non-hydrogen) atoms. The van der Waals surface area contributed by atoms with Crippen LogP contribution in [0.4, 0.5) is 15.8 Å². The third-order valence-electron chi connectivity index (χ3n) is 15.2. The lowest BCUT2D eigenvalue weighted by molar-refractivity contribution is -0.145. The van der Waals surface area contributed by atoms with Crippen LogP contribution in [0.1, 0.15) is 126 Å². The Morgan fingerprint density at radius 3 is 2.60 bits per heavy atom. The van der Waals surface area contributed by atoms with Crippen molar-refractivity contribution in [1.29, 1.82) is 0 Å². The summed E-state index contributed by atoms with van der Waals surface area (Å²) < 4.78 is 23.1. The predicted octanol–water partition coefficient (Wildman–Crippen LogP) is 8.46. The zero-order chi connectivity index (χ0) is 37.9. The van der Waals surface area contributed by atoms with Crippen LogP contribution >= 0.6 is 0 Å². The van der Waals surface area contributed by atoms with Crippen molar-refractivity contribution in [3.05, 3.63) is 76.0 Å². The molecule has 0 unspecified atom stereocenters. The van der Waals surface area contributed by atoms with Crippen molar-refractivity contribution in [2.24, 2.45) is 41.5 Å². The molecule has 0 amide bonds. The van der Waals surface area contributed by atoms with Crippen molar-refractivity contribution in [3.63, 3.8) is 0 Å². The number of aryl methyl sites for hydroxylation is 1. The maximum atomic E-state index is 14.6. The quantitative estimate of drug-likeness (QED) is 0.131. The molecule has 10 nitrogen and oxygen atoms in total. The topological polar surface area (TPSA) is 127 Å². The van der Waals surface area contributed by atoms with Gasteiger partial charge in [0.2, 0.25) is 0 Å². The highest BCUT2D eigenvalue weighted by Crippen LogP contribution is 2.66. The summed E-state index contributed by atoms with van der Waals surface area (Å²) in [5.41, 5.74) is 3.48. The van der Waals surface area contributed by atoms with E-state index < -0.39 is 11.4 Å². The monoisotopic (exact) mass is 749 g/mol. The number of unbranched alkanes of at least 4 members (excludes halogenated alkanes) is 3. The first-order valence-corrected chi connectivity index (χ1v) is 20.9. The van der Waals surface area contributed by atoms with E-state index in [0.717, 1.165) is 80.7 Å². The number of fused-ring (bicyclic) bond motifs is 5. The number of nitrogens with one attached hydrogen (secondary N) is 3. The third kappa shape index (κ3) is 6.38. The molecule has 3 N–H and O–H groups in total. The fourth-order valence-corrected chi connectivity index (χ4v) is 12.3. The van der Waals surface area contributed by atoms with E-state index in [2.05, 4.69) is 69.0 Å². The number of Topliss-reactive ketones (excluding diaryl/α,β-unsaturated/α-hetero) is 1. The number of hydrogen-bond donors (Lipinski definition) is 3. The van der Waals surface area contributed by atoms with E-state index >= 15 is 0 Å². The molecule has 0 radical (unpaired) electrons. The fourth-order valence-electron chi connectivity index (χ4n) is 12.3. The van der Waals surface area contributed by atoms with Gasteiger partial charge in [-0.2, -0.15) is 10.2 Å². The van der Waals surface area contributed by atoms with Gasteiger partial charge in [-0.05, 0) is 122 Å². The van der Waals surface area contributed by atoms with E-state index in [0.29, 0.717) is 51.2 Å². The van der Waals surface area contributed by atoms with Crippen LogP contribution in [0.3, 0.4) is 0 Å². The van der Waals surface area contributed by atoms with Crippen LogP contribution in [0, 0.1) is 40.3 Å². The molecule has 1 aliphatic heterocycles. The third-order valence-corrected chi connectivity index (χ3v) is 15.2. The molecule has 0 saturated heterocycles. The summed E-state index contributed by atoms with van der Waals surface area (Å²) in [7, 11) is 1.84. The molecule has 4 aliphatic carbocycles. The summed E-state index contributed by atoms with van der Waals surface area (Å²) in [6.45, 7) is 6.85. The van der Waals surface area contributed by atoms with Crippen LogP contribution in [0.15, 0.2) is 47.5 Å². The van der Waals surface area contributed by atoms with Crippen LogP contribution in [0.25, 0.3) is 10.8 Å². The minimum Gasteiger partial charge on any atom is -0.385 e. The first-order chi connectivity index (χ1) is 26.6. The van der Waals surface area contributed by atoms with E-state index in [9.17, 15) is 14.0 Å². The van der Waals surface area contributed by atoms with Crippen molar-refractivity contribution in [3.8, 4) is 0 Å². The van der Waals surface area contributed by atoms with Gasteiger partial charge >= 0.3 is 0 Å². The standard InChI is InChI=1S/C44H56FN7O3/c1-43-18-16-30(53)22-27(43)10-13-31-33-14-15-36(44(33,2)19-17-34(31)43)55-21-7-5-4-6-20-46-29-11-8-26(9-12-29)39-38(41-47-25-48-52(41)3)40-37-32(42(54)51-50-40)23-28(45)24-35(37)49-39/h8-9,11-12,23-25,27,31,33-34,36,38-39,46,49H,4-7,10,13-22H2,1-3H3,(H,51,54)/t27-,31-,33-,34-,36-,38+,39+,43-,44-/m0/s1. The van der Waals surface area contributed by atoms with Crippen molar-refractivity contribution < 1.29 is 13.9 Å². The Morgan fingerprint density at radius 2 is 1.78 bits per heavy atom. The molecule has 4 fully saturated rings. The number of anilines is 2. The molecule has 2 aromatic carbocycles. The molecule has 5 aliphatic rings. The Balaban J connectivity index is 0.750. The highest BCUT2D eigenvalue weighted by molar-refractivity contribution is 5.97. The van der Waals surface area contributed by atoms with Gasteiger partial charge in [0, 0.05) is 49.8 Å². The lowest BCUT2D eigenvalue weighted by atomic mass is 9.45. The van der Waals surface area contributed by atoms with Gasteiger partial charge in [0.05, 0.1) is 29.1 Å². The van der Waals surface area contributed by atoms with Gasteiger partial charge < -0.3 is 15.4 Å². The number of ether oxygens (including phenoxy) is 1. The molecular weight excluding hydrogens is 694 g/mol. The Hall–Kier alpha value is -4.12. The molecule has 11 heteroatoms. The van der Waals surface area contributed by atoms with Crippen LogP contribution < -0.4 is 16.2 Å². The Labute approximate surface area is 322 Å². The zero-order valence-electron chi connectivity index (χ0n) is 32.6. The average Bonchev–Trinajstić information content (AvgIpc) is 3.76. The molecule has 292 valence electrons. The molecule has 2 aromatic heterocycles. The van der Waals surface area contributed by atoms with Gasteiger partial charge in [-0.1, -0.05) is 38.8 Å². The fraction of sp³-hybridized carbons (Fsp3) is 0.614. The SMILES string of the molecule is Cn1ncnc1[C@H]1c2n[nH]c(=O)c3cc(F)cc(c23)N[C@@H]1c1ccc(NCCCCCCO[C@H]2CC[C@H]3[C@@H]4CC[C@H]5CC(=O)CC[C@]5(C)[C@H]4CC[C@]23C)cc1. The number of benzene rings is 2. The zero-order valence-corrected chi connectivity index (χ0v) is 32.6. The van der Waals surface area contributed by atoms with Gasteiger partial charge in [-0.15, -0.1) is 0 Å². The second kappa shape index (κ2) is 14.4. The van der Waals surface area contributed by atoms with Crippen molar-refractivity contribution in [2.75, 3.05) is 23.8 Å². The number of hydrogen-bond acceptors (Lipinski definition) is 8. The second-order valence-electron chi connectivity index (χ2n) is 18.0. The number of carbonyl (C=O) groups is 1. The minimum absolute atomic E-state index is 0.260.